The molecular formula is H2NaO3SZn-. The van der Waals surface area contributed by atoms with Gasteiger partial charge in [0.2, 0.25) is 0 Å². The molecule has 3 nitrogen and oxygen atoms in total. The summed E-state index contributed by atoms with van der Waals surface area (Å²) in [7, 11) is 0. The topological polar surface area (TPSA) is 60.4 Å². The first kappa shape index (κ1) is 15.6. The second-order valence-corrected chi connectivity index (χ2v) is 0.651. The molecule has 0 aromatic heterocycles. The zero-order valence-electron chi connectivity index (χ0n) is 4.38. The van der Waals surface area contributed by atoms with Crippen LogP contribution in [-0.2, 0) is 30.8 Å². The quantitative estimate of drug-likeness (QED) is 0.303. The molecule has 0 aliphatic carbocycles. The van der Waals surface area contributed by atoms with Gasteiger partial charge in [0.15, 0.2) is 0 Å². The van der Waals surface area contributed by atoms with Crippen LogP contribution in [0.2, 0.25) is 0 Å². The monoisotopic (exact) mass is 169 g/mol. The predicted molar refractivity (Wildman–Crippen MR) is 12.7 cm³/mol. The standard InChI is InChI=1S/Na.H2O3S.Zn.H/c;1-4(2)3;;/h;(H2,1,2,3);;/q+1;;;-1/p-1. The molecule has 0 rings (SSSR count). The van der Waals surface area contributed by atoms with Gasteiger partial charge in [0.05, 0.1) is 11.4 Å². The minimum atomic E-state index is -2.86. The van der Waals surface area contributed by atoms with Crippen molar-refractivity contribution in [2.75, 3.05) is 0 Å². The van der Waals surface area contributed by atoms with E-state index in [1.807, 2.05) is 0 Å². The van der Waals surface area contributed by atoms with Crippen LogP contribution in [0.4, 0.5) is 0 Å². The van der Waals surface area contributed by atoms with Gasteiger partial charge >= 0.3 is 29.6 Å². The Morgan fingerprint density at radius 2 is 1.83 bits per heavy atom. The Balaban J connectivity index is -0.0000000150. The third-order valence-electron chi connectivity index (χ3n) is 0. The second kappa shape index (κ2) is 9.85. The summed E-state index contributed by atoms with van der Waals surface area (Å²) in [6.45, 7) is 0. The molecule has 6 heteroatoms. The van der Waals surface area contributed by atoms with Gasteiger partial charge in [-0.25, -0.2) is 4.21 Å². The second-order valence-electron chi connectivity index (χ2n) is 0.217. The maximum Gasteiger partial charge on any atom is 1.00 e. The van der Waals surface area contributed by atoms with E-state index in [0.717, 1.165) is 0 Å². The molecule has 1 N–H and O–H groups in total. The first-order valence-electron chi connectivity index (χ1n) is 0.516. The van der Waals surface area contributed by atoms with Gasteiger partial charge in [-0.15, -0.1) is 0 Å². The van der Waals surface area contributed by atoms with Crippen molar-refractivity contribution in [3.05, 3.63) is 0 Å². The van der Waals surface area contributed by atoms with Crippen LogP contribution in [0.5, 0.6) is 0 Å². The minimum absolute atomic E-state index is 0. The van der Waals surface area contributed by atoms with Gasteiger partial charge in [0.1, 0.15) is 0 Å². The molecule has 30 valence electrons. The molecule has 0 bridgehead atoms. The van der Waals surface area contributed by atoms with Crippen molar-refractivity contribution in [2.24, 2.45) is 0 Å². The molecule has 0 spiro atoms. The van der Waals surface area contributed by atoms with E-state index in [0.29, 0.717) is 0 Å². The fourth-order valence-corrected chi connectivity index (χ4v) is 0. The average molecular weight is 170 g/mol. The molecule has 0 radical (unpaired) electrons. The van der Waals surface area contributed by atoms with Crippen molar-refractivity contribution in [1.29, 1.82) is 0 Å². The summed E-state index contributed by atoms with van der Waals surface area (Å²) in [5.74, 6) is 0. The molecule has 0 aromatic carbocycles. The fraction of sp³-hybridized carbons (Fsp3) is 0. The Morgan fingerprint density at radius 3 is 1.83 bits per heavy atom. The van der Waals surface area contributed by atoms with Crippen molar-refractivity contribution in [3.63, 3.8) is 0 Å². The van der Waals surface area contributed by atoms with E-state index in [-0.39, 0.29) is 50.5 Å². The Morgan fingerprint density at radius 1 is 1.83 bits per heavy atom. The summed E-state index contributed by atoms with van der Waals surface area (Å²) in [5, 5.41) is 0. The van der Waals surface area contributed by atoms with Crippen LogP contribution in [0, 0.1) is 0 Å². The number of hydrogen-bond acceptors (Lipinski definition) is 2. The number of rotatable bonds is 0. The van der Waals surface area contributed by atoms with Crippen molar-refractivity contribution >= 4 is 11.4 Å². The van der Waals surface area contributed by atoms with Gasteiger partial charge < -0.3 is 10.5 Å². The van der Waals surface area contributed by atoms with Crippen molar-refractivity contribution in [2.45, 2.75) is 0 Å². The zero-order valence-corrected chi connectivity index (χ0v) is 9.16. The largest absolute Gasteiger partial charge is 1.00 e. The smallest absolute Gasteiger partial charge is 1.00 e. The molecule has 0 aliphatic rings. The summed E-state index contributed by atoms with van der Waals surface area (Å²) in [6, 6.07) is 0. The zero-order chi connectivity index (χ0) is 3.58. The molecule has 0 amide bonds. The van der Waals surface area contributed by atoms with Gasteiger partial charge in [0, 0.05) is 19.5 Å². The first-order chi connectivity index (χ1) is 1.73. The Labute approximate surface area is 74.5 Å². The predicted octanol–water partition coefficient (Wildman–Crippen LogP) is -3.55. The molecule has 6 heavy (non-hydrogen) atoms. The van der Waals surface area contributed by atoms with Crippen LogP contribution in [-0.4, -0.2) is 13.3 Å². The van der Waals surface area contributed by atoms with Gasteiger partial charge in [0.25, 0.3) is 0 Å². The maximum atomic E-state index is 8.56. The van der Waals surface area contributed by atoms with Gasteiger partial charge in [-0.1, -0.05) is 0 Å². The van der Waals surface area contributed by atoms with Crippen LogP contribution < -0.4 is 29.6 Å². The van der Waals surface area contributed by atoms with Crippen molar-refractivity contribution in [3.8, 4) is 0 Å². The van der Waals surface area contributed by atoms with Gasteiger partial charge in [-0.3, -0.25) is 0 Å². The maximum absolute atomic E-state index is 8.56. The van der Waals surface area contributed by atoms with Gasteiger partial charge in [-0.05, 0) is 0 Å². The molecular weight excluding hydrogens is 168 g/mol. The first-order valence-corrected chi connectivity index (χ1v) is 1.55. The Hall–Kier alpha value is 1.69. The van der Waals surface area contributed by atoms with E-state index >= 15 is 0 Å². The summed E-state index contributed by atoms with van der Waals surface area (Å²) < 4.78 is 24.1. The van der Waals surface area contributed by atoms with Crippen molar-refractivity contribution in [1.82, 2.24) is 0 Å². The normalized spacial score (nSPS) is 10.3. The Bertz CT molecular complexity index is 37.9. The van der Waals surface area contributed by atoms with E-state index in [1.54, 1.807) is 0 Å². The molecule has 0 saturated heterocycles. The van der Waals surface area contributed by atoms with E-state index in [2.05, 4.69) is 0 Å². The molecule has 0 fully saturated rings. The molecule has 0 heterocycles. The van der Waals surface area contributed by atoms with Crippen LogP contribution in [0.25, 0.3) is 0 Å². The van der Waals surface area contributed by atoms with Gasteiger partial charge in [-0.2, -0.15) is 0 Å². The molecule has 0 aromatic rings. The summed E-state index contributed by atoms with van der Waals surface area (Å²) in [5.41, 5.74) is 0. The van der Waals surface area contributed by atoms with E-state index in [9.17, 15) is 0 Å². The number of hydrogen-bond donors (Lipinski definition) is 1. The van der Waals surface area contributed by atoms with Crippen LogP contribution >= 0.6 is 0 Å². The molecule has 1 unspecified atom stereocenters. The third-order valence-corrected chi connectivity index (χ3v) is 0. The summed E-state index contributed by atoms with van der Waals surface area (Å²) in [6.07, 6.45) is 0. The SMILES string of the molecule is O=S([O-])O.[H-].[Na+].[Zn]. The summed E-state index contributed by atoms with van der Waals surface area (Å²) in [4.78, 5) is 0. The van der Waals surface area contributed by atoms with Crippen LogP contribution in [0.1, 0.15) is 1.43 Å². The van der Waals surface area contributed by atoms with Crippen LogP contribution in [0.3, 0.4) is 0 Å². The molecule has 0 aliphatic heterocycles. The molecule has 1 atom stereocenters. The van der Waals surface area contributed by atoms with Crippen LogP contribution in [0.15, 0.2) is 0 Å². The Kier molecular flexibility index (Phi) is 25.7. The van der Waals surface area contributed by atoms with E-state index in [4.69, 9.17) is 13.3 Å². The fourth-order valence-electron chi connectivity index (χ4n) is 0. The average Bonchev–Trinajstić information content (AvgIpc) is 0.811. The summed E-state index contributed by atoms with van der Waals surface area (Å²) >= 11 is -2.86. The van der Waals surface area contributed by atoms with E-state index in [1.165, 1.54) is 0 Å². The van der Waals surface area contributed by atoms with E-state index < -0.39 is 11.4 Å². The molecule has 0 saturated carbocycles. The minimum Gasteiger partial charge on any atom is -1.00 e. The van der Waals surface area contributed by atoms with Crippen molar-refractivity contribution < 1.29 is 63.8 Å². The third kappa shape index (κ3) is 43.7.